The van der Waals surface area contributed by atoms with E-state index in [0.717, 1.165) is 54.6 Å². The number of rotatable bonds is 7. The molecule has 4 nitrogen and oxygen atoms in total. The quantitative estimate of drug-likeness (QED) is 0.565. The van der Waals surface area contributed by atoms with Crippen molar-refractivity contribution in [2.45, 2.75) is 58.2 Å². The van der Waals surface area contributed by atoms with Crippen LogP contribution in [0, 0.1) is 0 Å². The summed E-state index contributed by atoms with van der Waals surface area (Å²) < 4.78 is 8.66. The van der Waals surface area contributed by atoms with E-state index in [-0.39, 0.29) is 5.56 Å². The Morgan fingerprint density at radius 3 is 2.83 bits per heavy atom. The number of nitrogens with zero attached hydrogens (tertiary/aromatic N) is 2. The minimum absolute atomic E-state index is 0.143. The predicted molar refractivity (Wildman–Crippen MR) is 121 cm³/mol. The number of ether oxygens (including phenoxy) is 1. The van der Waals surface area contributed by atoms with E-state index in [0.29, 0.717) is 12.1 Å². The number of hydrogen-bond acceptors (Lipinski definition) is 4. The second-order valence-electron chi connectivity index (χ2n) is 8.04. The number of hydrogen-bond donors (Lipinski definition) is 0. The van der Waals surface area contributed by atoms with Gasteiger partial charge < -0.3 is 4.74 Å². The van der Waals surface area contributed by atoms with Crippen LogP contribution in [0.3, 0.4) is 0 Å². The third kappa shape index (κ3) is 3.99. The van der Waals surface area contributed by atoms with Gasteiger partial charge in [0, 0.05) is 12.1 Å². The minimum Gasteiger partial charge on any atom is -0.496 e. The number of aromatic nitrogens is 1. The van der Waals surface area contributed by atoms with E-state index in [1.165, 1.54) is 11.1 Å². The molecule has 154 valence electrons. The summed E-state index contributed by atoms with van der Waals surface area (Å²) in [7, 11) is 1.76. The lowest BCUT2D eigenvalue weighted by atomic mass is 9.86. The molecule has 29 heavy (non-hydrogen) atoms. The Kier molecular flexibility index (Phi) is 6.07. The van der Waals surface area contributed by atoms with Crippen molar-refractivity contribution in [3.05, 3.63) is 63.9 Å². The first-order valence-electron chi connectivity index (χ1n) is 10.6. The molecule has 0 saturated heterocycles. The van der Waals surface area contributed by atoms with Gasteiger partial charge in [0.2, 0.25) is 0 Å². The summed E-state index contributed by atoms with van der Waals surface area (Å²) in [6.45, 7) is 6.30. The van der Waals surface area contributed by atoms with E-state index in [9.17, 15) is 4.79 Å². The van der Waals surface area contributed by atoms with Gasteiger partial charge in [-0.05, 0) is 68.5 Å². The maximum Gasteiger partial charge on any atom is 0.268 e. The summed E-state index contributed by atoms with van der Waals surface area (Å²) in [6, 6.07) is 15.1. The van der Waals surface area contributed by atoms with Gasteiger partial charge in [0.15, 0.2) is 0 Å². The van der Waals surface area contributed by atoms with Crippen LogP contribution in [0.2, 0.25) is 0 Å². The Morgan fingerprint density at radius 2 is 2.07 bits per heavy atom. The molecule has 2 unspecified atom stereocenters. The highest BCUT2D eigenvalue weighted by Crippen LogP contribution is 2.32. The lowest BCUT2D eigenvalue weighted by Gasteiger charge is -2.39. The number of aryl methyl sites for hydroxylation is 1. The summed E-state index contributed by atoms with van der Waals surface area (Å²) in [6.07, 6.45) is 4.38. The van der Waals surface area contributed by atoms with Crippen molar-refractivity contribution < 1.29 is 4.74 Å². The Bertz CT molecular complexity index is 1020. The Morgan fingerprint density at radius 1 is 1.24 bits per heavy atom. The molecule has 2 atom stereocenters. The summed E-state index contributed by atoms with van der Waals surface area (Å²) >= 11 is 1.59. The zero-order chi connectivity index (χ0) is 20.4. The lowest BCUT2D eigenvalue weighted by molar-refractivity contribution is 0.119. The maximum absolute atomic E-state index is 12.8. The zero-order valence-electron chi connectivity index (χ0n) is 17.6. The lowest BCUT2D eigenvalue weighted by Crippen LogP contribution is -2.47. The molecular formula is C24H30N2O2S. The number of benzene rings is 2. The zero-order valence-corrected chi connectivity index (χ0v) is 18.4. The first kappa shape index (κ1) is 20.2. The fraction of sp³-hybridized carbons (Fsp3) is 0.458. The van der Waals surface area contributed by atoms with Gasteiger partial charge in [-0.3, -0.25) is 13.7 Å². The average Bonchev–Trinajstić information content (AvgIpc) is 3.06. The summed E-state index contributed by atoms with van der Waals surface area (Å²) in [5, 5.41) is 0.836. The minimum atomic E-state index is 0.143. The molecule has 1 aliphatic rings. The highest BCUT2D eigenvalue weighted by atomic mass is 32.1. The van der Waals surface area contributed by atoms with Crippen molar-refractivity contribution in [1.82, 2.24) is 8.86 Å². The molecule has 0 radical (unpaired) electrons. The second-order valence-corrected chi connectivity index (χ2v) is 9.10. The van der Waals surface area contributed by atoms with Crippen LogP contribution >= 0.6 is 11.5 Å². The van der Waals surface area contributed by atoms with Gasteiger partial charge in [-0.25, -0.2) is 0 Å². The molecule has 4 rings (SSSR count). The normalized spacial score (nSPS) is 17.4. The van der Waals surface area contributed by atoms with Crippen molar-refractivity contribution >= 4 is 21.6 Å². The highest BCUT2D eigenvalue weighted by Gasteiger charge is 2.29. The molecule has 2 aromatic carbocycles. The first-order valence-corrected chi connectivity index (χ1v) is 11.4. The molecule has 1 heterocycles. The maximum atomic E-state index is 12.8. The average molecular weight is 411 g/mol. The Hall–Kier alpha value is -2.11. The van der Waals surface area contributed by atoms with Gasteiger partial charge in [-0.1, -0.05) is 42.7 Å². The molecule has 1 aliphatic carbocycles. The van der Waals surface area contributed by atoms with E-state index in [1.54, 1.807) is 18.6 Å². The van der Waals surface area contributed by atoms with Crippen molar-refractivity contribution in [1.29, 1.82) is 0 Å². The van der Waals surface area contributed by atoms with Crippen LogP contribution in [-0.4, -0.2) is 34.6 Å². The standard InChI is InChI=1S/C24H30N2O2S/c1-4-14-25(19-13-12-18-8-7-10-22(28-3)21(18)15-19)17(2)16-26-24(27)20-9-5-6-11-23(20)29-26/h5-11,17,19H,4,12-16H2,1-3H3. The molecular weight excluding hydrogens is 380 g/mol. The molecule has 0 fully saturated rings. The molecule has 0 spiro atoms. The number of fused-ring (bicyclic) bond motifs is 2. The molecule has 5 heteroatoms. The van der Waals surface area contributed by atoms with Gasteiger partial charge in [0.25, 0.3) is 5.56 Å². The third-order valence-electron chi connectivity index (χ3n) is 6.14. The first-order chi connectivity index (χ1) is 14.1. The van der Waals surface area contributed by atoms with Crippen LogP contribution in [0.1, 0.15) is 37.8 Å². The van der Waals surface area contributed by atoms with Gasteiger partial charge in [-0.2, -0.15) is 0 Å². The smallest absolute Gasteiger partial charge is 0.268 e. The number of methoxy groups -OCH3 is 1. The summed E-state index contributed by atoms with van der Waals surface area (Å²) in [4.78, 5) is 15.4. The van der Waals surface area contributed by atoms with Gasteiger partial charge in [0.1, 0.15) is 5.75 Å². The molecule has 3 aromatic rings. The SMILES string of the molecule is CCCN(C(C)Cn1sc2ccccc2c1=O)C1CCc2cccc(OC)c2C1. The largest absolute Gasteiger partial charge is 0.496 e. The molecule has 0 bridgehead atoms. The Balaban J connectivity index is 1.57. The molecule has 0 N–H and O–H groups in total. The predicted octanol–water partition coefficient (Wildman–Crippen LogP) is 4.73. The van der Waals surface area contributed by atoms with E-state index < -0.39 is 0 Å². The summed E-state index contributed by atoms with van der Waals surface area (Å²) in [5.74, 6) is 1.01. The molecule has 0 aliphatic heterocycles. The van der Waals surface area contributed by atoms with Gasteiger partial charge in [-0.15, -0.1) is 0 Å². The molecule has 0 saturated carbocycles. The van der Waals surface area contributed by atoms with Gasteiger partial charge in [0.05, 0.1) is 23.7 Å². The monoisotopic (exact) mass is 410 g/mol. The molecule has 1 aromatic heterocycles. The van der Waals surface area contributed by atoms with Crippen LogP contribution < -0.4 is 10.3 Å². The van der Waals surface area contributed by atoms with E-state index in [2.05, 4.69) is 36.9 Å². The van der Waals surface area contributed by atoms with Crippen molar-refractivity contribution in [3.63, 3.8) is 0 Å². The Labute approximate surface area is 176 Å². The van der Waals surface area contributed by atoms with E-state index in [1.807, 2.05) is 28.2 Å². The fourth-order valence-electron chi connectivity index (χ4n) is 4.71. The van der Waals surface area contributed by atoms with Crippen molar-refractivity contribution in [3.8, 4) is 5.75 Å². The topological polar surface area (TPSA) is 34.5 Å². The molecule has 0 amide bonds. The fourth-order valence-corrected chi connectivity index (χ4v) is 5.82. The third-order valence-corrected chi connectivity index (χ3v) is 7.22. The second kappa shape index (κ2) is 8.72. The van der Waals surface area contributed by atoms with E-state index in [4.69, 9.17) is 4.74 Å². The van der Waals surface area contributed by atoms with Gasteiger partial charge >= 0.3 is 0 Å². The van der Waals surface area contributed by atoms with Crippen LogP contribution in [0.5, 0.6) is 5.75 Å². The van der Waals surface area contributed by atoms with Crippen LogP contribution in [0.4, 0.5) is 0 Å². The van der Waals surface area contributed by atoms with Crippen molar-refractivity contribution in [2.75, 3.05) is 13.7 Å². The van der Waals surface area contributed by atoms with Crippen LogP contribution in [0.15, 0.2) is 47.3 Å². The van der Waals surface area contributed by atoms with E-state index >= 15 is 0 Å². The van der Waals surface area contributed by atoms with Crippen molar-refractivity contribution in [2.24, 2.45) is 0 Å². The summed E-state index contributed by atoms with van der Waals surface area (Å²) in [5.41, 5.74) is 2.92. The van der Waals surface area contributed by atoms with Crippen LogP contribution in [0.25, 0.3) is 10.1 Å². The van der Waals surface area contributed by atoms with Crippen LogP contribution in [-0.2, 0) is 19.4 Å². The highest BCUT2D eigenvalue weighted by molar-refractivity contribution is 7.13.